The van der Waals surface area contributed by atoms with E-state index in [1.54, 1.807) is 32.4 Å². The fourth-order valence-corrected chi connectivity index (χ4v) is 5.34. The molecule has 0 aliphatic carbocycles. The van der Waals surface area contributed by atoms with Crippen LogP contribution in [0.5, 0.6) is 23.0 Å². The van der Waals surface area contributed by atoms with Gasteiger partial charge in [-0.25, -0.2) is 4.79 Å². The highest BCUT2D eigenvalue weighted by molar-refractivity contribution is 6.69. The highest BCUT2D eigenvalue weighted by atomic mass is 28.4. The third-order valence-electron chi connectivity index (χ3n) is 5.85. The first-order valence-corrected chi connectivity index (χ1v) is 14.2. The van der Waals surface area contributed by atoms with Crippen molar-refractivity contribution in [2.75, 3.05) is 27.6 Å². The third kappa shape index (κ3) is 4.66. The van der Waals surface area contributed by atoms with Crippen LogP contribution in [0.2, 0.25) is 19.6 Å². The molecule has 3 atom stereocenters. The van der Waals surface area contributed by atoms with Crippen LogP contribution in [0, 0.1) is 5.92 Å². The number of methoxy groups -OCH3 is 2. The van der Waals surface area contributed by atoms with E-state index in [2.05, 4.69) is 19.6 Å². The molecule has 0 saturated carbocycles. The number of aliphatic hydroxyl groups is 1. The van der Waals surface area contributed by atoms with E-state index < -0.39 is 31.9 Å². The van der Waals surface area contributed by atoms with Crippen LogP contribution in [0.4, 0.5) is 0 Å². The number of benzene rings is 2. The Morgan fingerprint density at radius 1 is 1.03 bits per heavy atom. The first kappa shape index (κ1) is 23.4. The molecule has 0 unspecified atom stereocenters. The molecule has 2 aliphatic heterocycles. The van der Waals surface area contributed by atoms with Crippen LogP contribution in [-0.2, 0) is 20.4 Å². The molecule has 0 amide bonds. The quantitative estimate of drug-likeness (QED) is 0.459. The summed E-state index contributed by atoms with van der Waals surface area (Å²) < 4.78 is 33.6. The van der Waals surface area contributed by atoms with E-state index in [1.165, 1.54) is 0 Å². The highest BCUT2D eigenvalue weighted by Gasteiger charge is 2.55. The smallest absolute Gasteiger partial charge is 0.339 e. The van der Waals surface area contributed by atoms with Gasteiger partial charge in [0.1, 0.15) is 6.61 Å². The summed E-state index contributed by atoms with van der Waals surface area (Å²) >= 11 is 0. The van der Waals surface area contributed by atoms with Crippen molar-refractivity contribution in [3.63, 3.8) is 0 Å². The molecule has 1 N–H and O–H groups in total. The maximum absolute atomic E-state index is 12.9. The Morgan fingerprint density at radius 2 is 1.76 bits per heavy atom. The molecule has 4 rings (SSSR count). The molecular formula is C24H30O8Si. The molecule has 8 nitrogen and oxygen atoms in total. The lowest BCUT2D eigenvalue weighted by Gasteiger charge is -2.36. The SMILES string of the molecule is COc1ccc([C@@H](O[Si](C)(C)C)[C@H]2COC(=O)[C@]2(O)Cc2ccc3c(c2)OCO3)cc1OC. The van der Waals surface area contributed by atoms with Gasteiger partial charge in [0.15, 0.2) is 36.9 Å². The summed E-state index contributed by atoms with van der Waals surface area (Å²) in [5, 5.41) is 11.7. The standard InChI is InChI=1S/C24H30O8Si/c1-27-18-9-7-16(11-20(18)28-2)22(32-33(3,4)5)17-13-29-23(25)24(17,26)12-15-6-8-19-21(10-15)31-14-30-19/h6-11,17,22,26H,12-14H2,1-5H3/t17-,22-,24+/m1/s1. The van der Waals surface area contributed by atoms with Gasteiger partial charge in [0.2, 0.25) is 6.79 Å². The number of esters is 1. The molecule has 0 spiro atoms. The minimum Gasteiger partial charge on any atom is -0.493 e. The molecule has 33 heavy (non-hydrogen) atoms. The Kier molecular flexibility index (Phi) is 6.30. The Balaban J connectivity index is 1.71. The van der Waals surface area contributed by atoms with Crippen molar-refractivity contribution in [2.24, 2.45) is 5.92 Å². The zero-order valence-electron chi connectivity index (χ0n) is 19.5. The van der Waals surface area contributed by atoms with Crippen molar-refractivity contribution >= 4 is 14.3 Å². The van der Waals surface area contributed by atoms with Crippen molar-refractivity contribution in [3.05, 3.63) is 47.5 Å². The summed E-state index contributed by atoms with van der Waals surface area (Å²) in [6.07, 6.45) is -0.520. The Labute approximate surface area is 194 Å². The van der Waals surface area contributed by atoms with Crippen LogP contribution in [0.1, 0.15) is 17.2 Å². The van der Waals surface area contributed by atoms with Crippen LogP contribution in [0.15, 0.2) is 36.4 Å². The van der Waals surface area contributed by atoms with E-state index in [0.717, 1.165) is 11.1 Å². The van der Waals surface area contributed by atoms with Gasteiger partial charge < -0.3 is 33.2 Å². The second-order valence-electron chi connectivity index (χ2n) is 9.26. The first-order valence-electron chi connectivity index (χ1n) is 10.8. The van der Waals surface area contributed by atoms with Crippen LogP contribution in [0.25, 0.3) is 0 Å². The number of cyclic esters (lactones) is 1. The van der Waals surface area contributed by atoms with Crippen molar-refractivity contribution in [1.29, 1.82) is 0 Å². The molecule has 2 aromatic rings. The molecule has 2 heterocycles. The average molecular weight is 475 g/mol. The minimum absolute atomic E-state index is 0.0450. The summed E-state index contributed by atoms with van der Waals surface area (Å²) in [7, 11) is 1.04. The number of carbonyl (C=O) groups is 1. The second-order valence-corrected chi connectivity index (χ2v) is 13.7. The van der Waals surface area contributed by atoms with Gasteiger partial charge in [-0.3, -0.25) is 0 Å². The van der Waals surface area contributed by atoms with Crippen molar-refractivity contribution in [3.8, 4) is 23.0 Å². The summed E-state index contributed by atoms with van der Waals surface area (Å²) in [6, 6.07) is 10.9. The lowest BCUT2D eigenvalue weighted by atomic mass is 9.79. The number of hydrogen-bond donors (Lipinski definition) is 1. The van der Waals surface area contributed by atoms with Crippen molar-refractivity contribution < 1.29 is 38.0 Å². The summed E-state index contributed by atoms with van der Waals surface area (Å²) in [5.74, 6) is 1.08. The largest absolute Gasteiger partial charge is 0.493 e. The molecule has 0 bridgehead atoms. The van der Waals surface area contributed by atoms with Gasteiger partial charge in [-0.15, -0.1) is 0 Å². The van der Waals surface area contributed by atoms with Crippen LogP contribution < -0.4 is 18.9 Å². The number of hydrogen-bond acceptors (Lipinski definition) is 8. The number of ether oxygens (including phenoxy) is 5. The monoisotopic (exact) mass is 474 g/mol. The fourth-order valence-electron chi connectivity index (χ4n) is 4.28. The fraction of sp³-hybridized carbons (Fsp3) is 0.458. The van der Waals surface area contributed by atoms with E-state index in [-0.39, 0.29) is 19.8 Å². The predicted molar refractivity (Wildman–Crippen MR) is 122 cm³/mol. The van der Waals surface area contributed by atoms with E-state index in [9.17, 15) is 9.90 Å². The van der Waals surface area contributed by atoms with Gasteiger partial charge in [0.05, 0.1) is 26.2 Å². The molecule has 178 valence electrons. The van der Waals surface area contributed by atoms with Gasteiger partial charge in [-0.1, -0.05) is 12.1 Å². The molecule has 1 fully saturated rings. The minimum atomic E-state index is -2.10. The van der Waals surface area contributed by atoms with E-state index in [1.807, 2.05) is 18.2 Å². The lowest BCUT2D eigenvalue weighted by molar-refractivity contribution is -0.155. The maximum atomic E-state index is 12.9. The zero-order valence-corrected chi connectivity index (χ0v) is 20.5. The Bertz CT molecular complexity index is 1030. The molecule has 0 aromatic heterocycles. The van der Waals surface area contributed by atoms with Gasteiger partial charge >= 0.3 is 5.97 Å². The molecular weight excluding hydrogens is 444 g/mol. The molecule has 2 aliphatic rings. The van der Waals surface area contributed by atoms with Crippen LogP contribution in [0.3, 0.4) is 0 Å². The van der Waals surface area contributed by atoms with Gasteiger partial charge in [-0.05, 0) is 55.0 Å². The number of carbonyl (C=O) groups excluding carboxylic acids is 1. The summed E-state index contributed by atoms with van der Waals surface area (Å²) in [4.78, 5) is 12.9. The maximum Gasteiger partial charge on any atom is 0.339 e. The van der Waals surface area contributed by atoms with Gasteiger partial charge in [0, 0.05) is 6.42 Å². The normalized spacial score (nSPS) is 22.7. The molecule has 9 heteroatoms. The average Bonchev–Trinajstić information content (AvgIpc) is 3.35. The van der Waals surface area contributed by atoms with E-state index in [0.29, 0.717) is 23.0 Å². The van der Waals surface area contributed by atoms with Crippen LogP contribution >= 0.6 is 0 Å². The highest BCUT2D eigenvalue weighted by Crippen LogP contribution is 2.44. The topological polar surface area (TPSA) is 92.7 Å². The first-order chi connectivity index (χ1) is 15.6. The van der Waals surface area contributed by atoms with Crippen molar-refractivity contribution in [2.45, 2.75) is 37.8 Å². The van der Waals surface area contributed by atoms with E-state index >= 15 is 0 Å². The van der Waals surface area contributed by atoms with Gasteiger partial charge in [-0.2, -0.15) is 0 Å². The summed E-state index contributed by atoms with van der Waals surface area (Å²) in [6.45, 7) is 6.39. The molecule has 0 radical (unpaired) electrons. The lowest BCUT2D eigenvalue weighted by Crippen LogP contribution is -2.47. The molecule has 2 aromatic carbocycles. The van der Waals surface area contributed by atoms with Crippen LogP contribution in [-0.4, -0.2) is 52.6 Å². The Morgan fingerprint density at radius 3 is 2.45 bits per heavy atom. The second kappa shape index (κ2) is 8.89. The van der Waals surface area contributed by atoms with Crippen molar-refractivity contribution in [1.82, 2.24) is 0 Å². The number of fused-ring (bicyclic) bond motifs is 1. The Hall–Kier alpha value is -2.75. The van der Waals surface area contributed by atoms with E-state index in [4.69, 9.17) is 28.1 Å². The predicted octanol–water partition coefficient (Wildman–Crippen LogP) is 3.47. The number of rotatable bonds is 8. The zero-order chi connectivity index (χ0) is 23.8. The van der Waals surface area contributed by atoms with Gasteiger partial charge in [0.25, 0.3) is 0 Å². The molecule has 1 saturated heterocycles. The summed E-state index contributed by atoms with van der Waals surface area (Å²) in [5.41, 5.74) is -0.252. The third-order valence-corrected chi connectivity index (χ3v) is 6.81.